The highest BCUT2D eigenvalue weighted by atomic mass is 35.5. The van der Waals surface area contributed by atoms with Gasteiger partial charge in [-0.25, -0.2) is 0 Å². The molecule has 0 spiro atoms. The summed E-state index contributed by atoms with van der Waals surface area (Å²) in [5.41, 5.74) is 5.43. The van der Waals surface area contributed by atoms with Gasteiger partial charge in [-0.3, -0.25) is 0 Å². The highest BCUT2D eigenvalue weighted by Gasteiger charge is 2.07. The number of nitrogens with two attached hydrogens (primary N) is 1. The van der Waals surface area contributed by atoms with Crippen LogP contribution in [0.2, 0.25) is 4.34 Å². The molecule has 2 N–H and O–H groups in total. The molecule has 3 nitrogen and oxygen atoms in total. The van der Waals surface area contributed by atoms with Crippen molar-refractivity contribution in [2.24, 2.45) is 5.73 Å². The Hall–Kier alpha value is -0.490. The molecule has 0 unspecified atom stereocenters. The van der Waals surface area contributed by atoms with Gasteiger partial charge in [-0.1, -0.05) is 22.9 Å². The summed E-state index contributed by atoms with van der Waals surface area (Å²) in [6.45, 7) is 0.611. The summed E-state index contributed by atoms with van der Waals surface area (Å²) in [7, 11) is 0. The molecule has 0 radical (unpaired) electrons. The predicted molar refractivity (Wildman–Crippen MR) is 61.0 cm³/mol. The van der Waals surface area contributed by atoms with Gasteiger partial charge in [-0.2, -0.15) is 0 Å². The zero-order valence-corrected chi connectivity index (χ0v) is 9.62. The smallest absolute Gasteiger partial charge is 0.157 e. The molecule has 0 bridgehead atoms. The second-order valence-corrected chi connectivity index (χ2v) is 5.42. The van der Waals surface area contributed by atoms with Crippen molar-refractivity contribution in [2.75, 3.05) is 6.54 Å². The van der Waals surface area contributed by atoms with E-state index in [1.165, 1.54) is 11.3 Å². The lowest BCUT2D eigenvalue weighted by Crippen LogP contribution is -2.01. The van der Waals surface area contributed by atoms with Gasteiger partial charge in [0.05, 0.1) is 9.21 Å². The number of thiophene rings is 1. The minimum Gasteiger partial charge on any atom is -0.330 e. The summed E-state index contributed by atoms with van der Waals surface area (Å²) in [5, 5.41) is 10.0. The first-order valence-electron chi connectivity index (χ1n) is 4.08. The van der Waals surface area contributed by atoms with Crippen LogP contribution in [0.25, 0.3) is 9.88 Å². The molecular formula is C8H8ClN3S2. The number of nitrogens with zero attached hydrogens (tertiary/aromatic N) is 2. The maximum Gasteiger partial charge on any atom is 0.157 e. The molecule has 2 aromatic heterocycles. The number of rotatable bonds is 3. The SMILES string of the molecule is NCCc1nnc(-c2ccc(Cl)s2)s1. The number of hydrogen-bond acceptors (Lipinski definition) is 5. The Bertz CT molecular complexity index is 424. The van der Waals surface area contributed by atoms with Crippen molar-refractivity contribution >= 4 is 34.3 Å². The van der Waals surface area contributed by atoms with Crippen LogP contribution in [0.5, 0.6) is 0 Å². The lowest BCUT2D eigenvalue weighted by Gasteiger charge is -1.85. The molecule has 0 fully saturated rings. The minimum absolute atomic E-state index is 0.611. The molecule has 2 heterocycles. The molecule has 0 saturated heterocycles. The van der Waals surface area contributed by atoms with Crippen molar-refractivity contribution in [3.63, 3.8) is 0 Å². The summed E-state index contributed by atoms with van der Waals surface area (Å²) in [6.07, 6.45) is 0.788. The van der Waals surface area contributed by atoms with E-state index in [1.807, 2.05) is 12.1 Å². The van der Waals surface area contributed by atoms with Gasteiger partial charge >= 0.3 is 0 Å². The molecule has 6 heteroatoms. The Balaban J connectivity index is 2.24. The van der Waals surface area contributed by atoms with Crippen molar-refractivity contribution < 1.29 is 0 Å². The van der Waals surface area contributed by atoms with E-state index in [9.17, 15) is 0 Å². The van der Waals surface area contributed by atoms with E-state index >= 15 is 0 Å². The molecule has 0 saturated carbocycles. The van der Waals surface area contributed by atoms with Crippen molar-refractivity contribution in [1.29, 1.82) is 0 Å². The fraction of sp³-hybridized carbons (Fsp3) is 0.250. The van der Waals surface area contributed by atoms with Gasteiger partial charge in [-0.05, 0) is 18.7 Å². The van der Waals surface area contributed by atoms with Crippen LogP contribution in [0.15, 0.2) is 12.1 Å². The largest absolute Gasteiger partial charge is 0.330 e. The lowest BCUT2D eigenvalue weighted by atomic mass is 10.5. The molecule has 0 aromatic carbocycles. The van der Waals surface area contributed by atoms with E-state index in [4.69, 9.17) is 17.3 Å². The summed E-state index contributed by atoms with van der Waals surface area (Å²) in [6, 6.07) is 3.82. The normalized spacial score (nSPS) is 10.7. The maximum atomic E-state index is 5.83. The highest BCUT2D eigenvalue weighted by molar-refractivity contribution is 7.23. The number of aromatic nitrogens is 2. The average molecular weight is 246 g/mol. The third kappa shape index (κ3) is 2.12. The Morgan fingerprint density at radius 1 is 1.29 bits per heavy atom. The van der Waals surface area contributed by atoms with Gasteiger partial charge < -0.3 is 5.73 Å². The second-order valence-electron chi connectivity index (χ2n) is 2.64. The molecule has 2 aromatic rings. The van der Waals surface area contributed by atoms with Crippen LogP contribution in [-0.4, -0.2) is 16.7 Å². The molecule has 0 aliphatic carbocycles. The van der Waals surface area contributed by atoms with Gasteiger partial charge in [0, 0.05) is 6.42 Å². The Kier molecular flexibility index (Phi) is 3.12. The minimum atomic E-state index is 0.611. The van der Waals surface area contributed by atoms with Crippen molar-refractivity contribution in [3.05, 3.63) is 21.5 Å². The maximum absolute atomic E-state index is 5.83. The van der Waals surface area contributed by atoms with Gasteiger partial charge in [-0.15, -0.1) is 21.5 Å². The lowest BCUT2D eigenvalue weighted by molar-refractivity contribution is 0.914. The van der Waals surface area contributed by atoms with Crippen molar-refractivity contribution in [3.8, 4) is 9.88 Å². The van der Waals surface area contributed by atoms with Crippen LogP contribution in [0.4, 0.5) is 0 Å². The van der Waals surface area contributed by atoms with E-state index in [1.54, 1.807) is 11.3 Å². The molecule has 0 aliphatic heterocycles. The average Bonchev–Trinajstić information content (AvgIpc) is 2.74. The third-order valence-corrected chi connectivity index (χ3v) is 3.99. The topological polar surface area (TPSA) is 51.8 Å². The van der Waals surface area contributed by atoms with Crippen LogP contribution in [0.3, 0.4) is 0 Å². The summed E-state index contributed by atoms with van der Waals surface area (Å²) in [5.74, 6) is 0. The molecular weight excluding hydrogens is 238 g/mol. The Morgan fingerprint density at radius 3 is 2.79 bits per heavy atom. The van der Waals surface area contributed by atoms with Crippen LogP contribution in [0, 0.1) is 0 Å². The van der Waals surface area contributed by atoms with E-state index in [0.29, 0.717) is 6.54 Å². The van der Waals surface area contributed by atoms with E-state index in [0.717, 1.165) is 25.6 Å². The standard InChI is InChI=1S/C8H8ClN3S2/c9-6-2-1-5(13-6)8-12-11-7(14-8)3-4-10/h1-2H,3-4,10H2. The molecule has 14 heavy (non-hydrogen) atoms. The first-order chi connectivity index (χ1) is 6.79. The summed E-state index contributed by atoms with van der Waals surface area (Å²) >= 11 is 8.92. The van der Waals surface area contributed by atoms with Crippen LogP contribution in [0.1, 0.15) is 5.01 Å². The van der Waals surface area contributed by atoms with Gasteiger partial charge in [0.1, 0.15) is 5.01 Å². The van der Waals surface area contributed by atoms with Crippen LogP contribution >= 0.6 is 34.3 Å². The van der Waals surface area contributed by atoms with Crippen LogP contribution in [-0.2, 0) is 6.42 Å². The second kappa shape index (κ2) is 4.35. The van der Waals surface area contributed by atoms with Crippen molar-refractivity contribution in [1.82, 2.24) is 10.2 Å². The quantitative estimate of drug-likeness (QED) is 0.904. The molecule has 0 atom stereocenters. The van der Waals surface area contributed by atoms with Crippen LogP contribution < -0.4 is 5.73 Å². The highest BCUT2D eigenvalue weighted by Crippen LogP contribution is 2.32. The summed E-state index contributed by atoms with van der Waals surface area (Å²) < 4.78 is 0.774. The fourth-order valence-corrected chi connectivity index (χ4v) is 2.95. The molecule has 0 aliphatic rings. The van der Waals surface area contributed by atoms with Gasteiger partial charge in [0.2, 0.25) is 0 Å². The first kappa shape index (κ1) is 10.0. The predicted octanol–water partition coefficient (Wildman–Crippen LogP) is 2.42. The van der Waals surface area contributed by atoms with E-state index in [2.05, 4.69) is 10.2 Å². The number of hydrogen-bond donors (Lipinski definition) is 1. The zero-order chi connectivity index (χ0) is 9.97. The van der Waals surface area contributed by atoms with Gasteiger partial charge in [0.15, 0.2) is 5.01 Å². The fourth-order valence-electron chi connectivity index (χ4n) is 1.01. The molecule has 74 valence electrons. The monoisotopic (exact) mass is 245 g/mol. The van der Waals surface area contributed by atoms with E-state index < -0.39 is 0 Å². The first-order valence-corrected chi connectivity index (χ1v) is 6.09. The molecule has 0 amide bonds. The molecule has 2 rings (SSSR count). The summed E-state index contributed by atoms with van der Waals surface area (Å²) in [4.78, 5) is 1.07. The third-order valence-electron chi connectivity index (χ3n) is 1.61. The van der Waals surface area contributed by atoms with E-state index in [-0.39, 0.29) is 0 Å². The van der Waals surface area contributed by atoms with Gasteiger partial charge in [0.25, 0.3) is 0 Å². The Morgan fingerprint density at radius 2 is 2.14 bits per heavy atom. The van der Waals surface area contributed by atoms with Crippen molar-refractivity contribution in [2.45, 2.75) is 6.42 Å². The zero-order valence-electron chi connectivity index (χ0n) is 7.24. The Labute approximate surface area is 94.6 Å². The number of halogens is 1.